The van der Waals surface area contributed by atoms with E-state index in [4.69, 9.17) is 16.3 Å². The van der Waals surface area contributed by atoms with Crippen molar-refractivity contribution >= 4 is 17.5 Å². The van der Waals surface area contributed by atoms with E-state index in [9.17, 15) is 0 Å². The lowest BCUT2D eigenvalue weighted by Crippen LogP contribution is -2.16. The standard InChI is InChI=1S/C10H18ClN5O/c1-4-12-9-13-8(11)14-10(15-9)17-7-5-6-16(2)3/h4-7H2,1-3H3,(H,12,13,14,15). The molecule has 1 N–H and O–H groups in total. The maximum atomic E-state index is 5.76. The highest BCUT2D eigenvalue weighted by Gasteiger charge is 2.05. The molecule has 7 heteroatoms. The van der Waals surface area contributed by atoms with E-state index in [2.05, 4.69) is 25.2 Å². The van der Waals surface area contributed by atoms with Gasteiger partial charge in [0.2, 0.25) is 11.2 Å². The van der Waals surface area contributed by atoms with Crippen molar-refractivity contribution in [3.8, 4) is 6.01 Å². The van der Waals surface area contributed by atoms with Crippen LogP contribution in [-0.2, 0) is 0 Å². The van der Waals surface area contributed by atoms with Crippen molar-refractivity contribution in [1.29, 1.82) is 0 Å². The lowest BCUT2D eigenvalue weighted by molar-refractivity contribution is 0.263. The number of hydrogen-bond donors (Lipinski definition) is 1. The molecule has 0 spiro atoms. The van der Waals surface area contributed by atoms with E-state index in [1.54, 1.807) is 0 Å². The summed E-state index contributed by atoms with van der Waals surface area (Å²) in [5.41, 5.74) is 0. The summed E-state index contributed by atoms with van der Waals surface area (Å²) in [5.74, 6) is 0.440. The molecule has 0 amide bonds. The van der Waals surface area contributed by atoms with Crippen molar-refractivity contribution < 1.29 is 4.74 Å². The SMILES string of the molecule is CCNc1nc(Cl)nc(OCCCN(C)C)n1. The molecule has 96 valence electrons. The molecule has 0 saturated heterocycles. The van der Waals surface area contributed by atoms with Gasteiger partial charge in [-0.1, -0.05) is 0 Å². The van der Waals surface area contributed by atoms with Crippen LogP contribution in [0.4, 0.5) is 5.95 Å². The zero-order chi connectivity index (χ0) is 12.7. The average molecular weight is 260 g/mol. The first-order valence-corrected chi connectivity index (χ1v) is 5.92. The first kappa shape index (κ1) is 13.9. The van der Waals surface area contributed by atoms with Crippen LogP contribution in [0.15, 0.2) is 0 Å². The molecule has 0 saturated carbocycles. The maximum absolute atomic E-state index is 5.76. The molecule has 1 rings (SSSR count). The van der Waals surface area contributed by atoms with Gasteiger partial charge < -0.3 is 15.0 Å². The summed E-state index contributed by atoms with van der Waals surface area (Å²) >= 11 is 5.76. The molecule has 1 aromatic rings. The van der Waals surface area contributed by atoms with Crippen LogP contribution in [0, 0.1) is 0 Å². The number of halogens is 1. The maximum Gasteiger partial charge on any atom is 0.322 e. The van der Waals surface area contributed by atoms with Gasteiger partial charge in [-0.15, -0.1) is 0 Å². The molecule has 1 aromatic heterocycles. The molecule has 1 heterocycles. The number of aromatic nitrogens is 3. The second kappa shape index (κ2) is 7.24. The van der Waals surface area contributed by atoms with Gasteiger partial charge in [-0.2, -0.15) is 15.0 Å². The molecule has 0 radical (unpaired) electrons. The number of anilines is 1. The van der Waals surface area contributed by atoms with E-state index in [1.807, 2.05) is 21.0 Å². The van der Waals surface area contributed by atoms with Gasteiger partial charge >= 0.3 is 6.01 Å². The van der Waals surface area contributed by atoms with Crippen LogP contribution in [0.2, 0.25) is 5.28 Å². The molecule has 0 bridgehead atoms. The lowest BCUT2D eigenvalue weighted by atomic mass is 10.4. The van der Waals surface area contributed by atoms with Gasteiger partial charge in [0, 0.05) is 13.1 Å². The fourth-order valence-corrected chi connectivity index (χ4v) is 1.33. The van der Waals surface area contributed by atoms with Crippen molar-refractivity contribution in [2.75, 3.05) is 39.1 Å². The Morgan fingerprint density at radius 1 is 1.29 bits per heavy atom. The monoisotopic (exact) mass is 259 g/mol. The highest BCUT2D eigenvalue weighted by Crippen LogP contribution is 2.11. The number of nitrogens with zero attached hydrogens (tertiary/aromatic N) is 4. The van der Waals surface area contributed by atoms with Crippen LogP contribution in [0.25, 0.3) is 0 Å². The molecule has 0 aliphatic rings. The summed E-state index contributed by atoms with van der Waals surface area (Å²) in [6.45, 7) is 4.19. The summed E-state index contributed by atoms with van der Waals surface area (Å²) in [6, 6.07) is 0.264. The summed E-state index contributed by atoms with van der Waals surface area (Å²) in [6.07, 6.45) is 0.910. The molecular formula is C10H18ClN5O. The highest BCUT2D eigenvalue weighted by molar-refractivity contribution is 6.28. The van der Waals surface area contributed by atoms with E-state index < -0.39 is 0 Å². The molecule has 0 fully saturated rings. The second-order valence-corrected chi connectivity index (χ2v) is 4.08. The molecule has 6 nitrogen and oxygen atoms in total. The fraction of sp³-hybridized carbons (Fsp3) is 0.700. The molecule has 0 unspecified atom stereocenters. The summed E-state index contributed by atoms with van der Waals surface area (Å²) in [7, 11) is 4.03. The minimum atomic E-state index is 0.138. The largest absolute Gasteiger partial charge is 0.463 e. The number of hydrogen-bond acceptors (Lipinski definition) is 6. The first-order valence-electron chi connectivity index (χ1n) is 5.54. The van der Waals surface area contributed by atoms with Crippen LogP contribution in [0.3, 0.4) is 0 Å². The van der Waals surface area contributed by atoms with Gasteiger partial charge in [0.05, 0.1) is 6.61 Å². The Hall–Kier alpha value is -1.14. The van der Waals surface area contributed by atoms with Crippen molar-refractivity contribution in [2.45, 2.75) is 13.3 Å². The summed E-state index contributed by atoms with van der Waals surface area (Å²) in [4.78, 5) is 14.0. The summed E-state index contributed by atoms with van der Waals surface area (Å²) < 4.78 is 5.41. The van der Waals surface area contributed by atoms with Crippen LogP contribution >= 0.6 is 11.6 Å². The topological polar surface area (TPSA) is 63.2 Å². The van der Waals surface area contributed by atoms with E-state index in [1.165, 1.54) is 0 Å². The fourth-order valence-electron chi connectivity index (χ4n) is 1.18. The normalized spacial score (nSPS) is 10.6. The number of ether oxygens (including phenoxy) is 1. The smallest absolute Gasteiger partial charge is 0.322 e. The van der Waals surface area contributed by atoms with Gasteiger partial charge in [0.15, 0.2) is 0 Å². The van der Waals surface area contributed by atoms with Gasteiger partial charge in [0.1, 0.15) is 0 Å². The van der Waals surface area contributed by atoms with Crippen molar-refractivity contribution in [3.05, 3.63) is 5.28 Å². The molecule has 0 aliphatic carbocycles. The van der Waals surface area contributed by atoms with E-state index in [0.29, 0.717) is 12.6 Å². The molecule has 0 atom stereocenters. The second-order valence-electron chi connectivity index (χ2n) is 3.75. The first-order chi connectivity index (χ1) is 8.11. The molecule has 17 heavy (non-hydrogen) atoms. The third kappa shape index (κ3) is 5.65. The molecular weight excluding hydrogens is 242 g/mol. The van der Waals surface area contributed by atoms with E-state index in [0.717, 1.165) is 19.5 Å². The Morgan fingerprint density at radius 3 is 2.71 bits per heavy atom. The average Bonchev–Trinajstić information content (AvgIpc) is 2.24. The van der Waals surface area contributed by atoms with Crippen LogP contribution in [-0.4, -0.2) is 53.6 Å². The predicted octanol–water partition coefficient (Wildman–Crippen LogP) is 1.29. The number of nitrogens with one attached hydrogen (secondary N) is 1. The quantitative estimate of drug-likeness (QED) is 0.745. The minimum Gasteiger partial charge on any atom is -0.463 e. The highest BCUT2D eigenvalue weighted by atomic mass is 35.5. The van der Waals surface area contributed by atoms with Gasteiger partial charge in [-0.3, -0.25) is 0 Å². The van der Waals surface area contributed by atoms with E-state index >= 15 is 0 Å². The van der Waals surface area contributed by atoms with Gasteiger partial charge in [-0.25, -0.2) is 0 Å². The van der Waals surface area contributed by atoms with Gasteiger partial charge in [0.25, 0.3) is 0 Å². The van der Waals surface area contributed by atoms with Crippen molar-refractivity contribution in [1.82, 2.24) is 19.9 Å². The van der Waals surface area contributed by atoms with Crippen LogP contribution in [0.1, 0.15) is 13.3 Å². The Bertz CT molecular complexity index is 347. The summed E-state index contributed by atoms with van der Waals surface area (Å²) in [5, 5.41) is 3.10. The Labute approximate surface area is 106 Å². The van der Waals surface area contributed by atoms with Crippen molar-refractivity contribution in [2.24, 2.45) is 0 Å². The van der Waals surface area contributed by atoms with Crippen molar-refractivity contribution in [3.63, 3.8) is 0 Å². The van der Waals surface area contributed by atoms with Crippen LogP contribution in [0.5, 0.6) is 6.01 Å². The zero-order valence-electron chi connectivity index (χ0n) is 10.4. The minimum absolute atomic E-state index is 0.138. The lowest BCUT2D eigenvalue weighted by Gasteiger charge is -2.10. The van der Waals surface area contributed by atoms with Crippen LogP contribution < -0.4 is 10.1 Å². The number of rotatable bonds is 7. The Morgan fingerprint density at radius 2 is 2.06 bits per heavy atom. The molecule has 0 aromatic carbocycles. The zero-order valence-corrected chi connectivity index (χ0v) is 11.2. The van der Waals surface area contributed by atoms with E-state index in [-0.39, 0.29) is 11.3 Å². The van der Waals surface area contributed by atoms with Gasteiger partial charge in [-0.05, 0) is 39.0 Å². The predicted molar refractivity (Wildman–Crippen MR) is 67.7 cm³/mol. The Kier molecular flexibility index (Phi) is 5.93. The third-order valence-corrected chi connectivity index (χ3v) is 2.07. The molecule has 0 aliphatic heterocycles. The Balaban J connectivity index is 2.46. The third-order valence-electron chi connectivity index (χ3n) is 1.90.